The zero-order valence-corrected chi connectivity index (χ0v) is 13.4. The summed E-state index contributed by atoms with van der Waals surface area (Å²) >= 11 is 0. The number of rotatable bonds is 5. The third kappa shape index (κ3) is 4.92. The van der Waals surface area contributed by atoms with Crippen molar-refractivity contribution < 1.29 is 0 Å². The highest BCUT2D eigenvalue weighted by molar-refractivity contribution is 5.22. The summed E-state index contributed by atoms with van der Waals surface area (Å²) in [5.74, 6) is 0.738. The molecule has 2 nitrogen and oxygen atoms in total. The van der Waals surface area contributed by atoms with Crippen LogP contribution in [0.1, 0.15) is 44.2 Å². The van der Waals surface area contributed by atoms with Crippen molar-refractivity contribution in [3.05, 3.63) is 35.4 Å². The largest absolute Gasteiger partial charge is 0.317 e. The van der Waals surface area contributed by atoms with Crippen molar-refractivity contribution in [3.8, 4) is 0 Å². The summed E-state index contributed by atoms with van der Waals surface area (Å²) in [6, 6.07) is 9.96. The van der Waals surface area contributed by atoms with E-state index in [0.29, 0.717) is 0 Å². The summed E-state index contributed by atoms with van der Waals surface area (Å²) < 4.78 is 0. The molecule has 1 N–H and O–H groups in total. The molecule has 2 heteroatoms. The molecular formula is C18H30N2. The number of benzene rings is 1. The van der Waals surface area contributed by atoms with Crippen LogP contribution in [0.15, 0.2) is 24.3 Å². The van der Waals surface area contributed by atoms with E-state index in [2.05, 4.69) is 55.4 Å². The van der Waals surface area contributed by atoms with Crippen LogP contribution in [0, 0.1) is 5.92 Å². The van der Waals surface area contributed by atoms with Gasteiger partial charge in [-0.3, -0.25) is 4.90 Å². The maximum Gasteiger partial charge on any atom is 0.0233 e. The van der Waals surface area contributed by atoms with Gasteiger partial charge in [0.25, 0.3) is 0 Å². The van der Waals surface area contributed by atoms with Gasteiger partial charge in [0.1, 0.15) is 0 Å². The summed E-state index contributed by atoms with van der Waals surface area (Å²) in [5.41, 5.74) is 2.90. The van der Waals surface area contributed by atoms with Crippen LogP contribution in [0.4, 0.5) is 0 Å². The lowest BCUT2D eigenvalue weighted by Crippen LogP contribution is -2.31. The summed E-state index contributed by atoms with van der Waals surface area (Å²) in [6.45, 7) is 7.99. The first kappa shape index (κ1) is 15.5. The molecule has 2 rings (SSSR count). The molecule has 1 unspecified atom stereocenters. The Morgan fingerprint density at radius 2 is 1.80 bits per heavy atom. The van der Waals surface area contributed by atoms with Crippen molar-refractivity contribution >= 4 is 0 Å². The van der Waals surface area contributed by atoms with E-state index in [9.17, 15) is 0 Å². The maximum absolute atomic E-state index is 3.49. The molecule has 0 aromatic heterocycles. The highest BCUT2D eigenvalue weighted by atomic mass is 15.1. The minimum absolute atomic E-state index is 0.736. The molecule has 1 aromatic rings. The second-order valence-corrected chi connectivity index (χ2v) is 6.66. The molecule has 112 valence electrons. The highest BCUT2D eigenvalue weighted by Gasteiger charge is 2.16. The van der Waals surface area contributed by atoms with Crippen molar-refractivity contribution in [1.29, 1.82) is 0 Å². The van der Waals surface area contributed by atoms with Crippen molar-refractivity contribution in [3.63, 3.8) is 0 Å². The fourth-order valence-electron chi connectivity index (χ4n) is 3.11. The molecule has 1 atom stereocenters. The fourth-order valence-corrected chi connectivity index (χ4v) is 3.11. The van der Waals surface area contributed by atoms with Crippen LogP contribution in [0.3, 0.4) is 0 Å². The molecule has 1 aliphatic heterocycles. The van der Waals surface area contributed by atoms with Gasteiger partial charge in [-0.05, 0) is 62.9 Å². The number of nitrogens with zero attached hydrogens (tertiary/aromatic N) is 1. The standard InChI is InChI=1S/C18H30N2/c1-15(2)13-16-6-8-17(9-7-16)14-20(3)18-5-4-11-19-12-10-18/h6-9,15,18-19H,4-5,10-14H2,1-3H3. The summed E-state index contributed by atoms with van der Waals surface area (Å²) in [4.78, 5) is 2.53. The fraction of sp³-hybridized carbons (Fsp3) is 0.667. The Morgan fingerprint density at radius 3 is 2.50 bits per heavy atom. The van der Waals surface area contributed by atoms with Crippen LogP contribution >= 0.6 is 0 Å². The van der Waals surface area contributed by atoms with Gasteiger partial charge in [0, 0.05) is 12.6 Å². The molecule has 1 heterocycles. The smallest absolute Gasteiger partial charge is 0.0233 e. The Labute approximate surface area is 124 Å². The van der Waals surface area contributed by atoms with Crippen LogP contribution in [-0.4, -0.2) is 31.1 Å². The van der Waals surface area contributed by atoms with Crippen molar-refractivity contribution in [2.75, 3.05) is 20.1 Å². The third-order valence-electron chi connectivity index (χ3n) is 4.27. The van der Waals surface area contributed by atoms with E-state index < -0.39 is 0 Å². The lowest BCUT2D eigenvalue weighted by Gasteiger charge is -2.27. The summed E-state index contributed by atoms with van der Waals surface area (Å²) in [6.07, 6.45) is 5.10. The normalized spacial score (nSPS) is 20.4. The third-order valence-corrected chi connectivity index (χ3v) is 4.27. The van der Waals surface area contributed by atoms with E-state index in [4.69, 9.17) is 0 Å². The number of hydrogen-bond donors (Lipinski definition) is 1. The molecule has 1 fully saturated rings. The molecule has 1 aromatic carbocycles. The molecule has 1 aliphatic rings. The predicted molar refractivity (Wildman–Crippen MR) is 87.0 cm³/mol. The van der Waals surface area contributed by atoms with Crippen LogP contribution in [0.25, 0.3) is 0 Å². The van der Waals surface area contributed by atoms with E-state index in [1.807, 2.05) is 0 Å². The van der Waals surface area contributed by atoms with Crippen LogP contribution in [-0.2, 0) is 13.0 Å². The van der Waals surface area contributed by atoms with E-state index in [1.54, 1.807) is 0 Å². The van der Waals surface area contributed by atoms with Crippen molar-refractivity contribution in [2.45, 2.75) is 52.1 Å². The van der Waals surface area contributed by atoms with Crippen LogP contribution < -0.4 is 5.32 Å². The Hall–Kier alpha value is -0.860. The Morgan fingerprint density at radius 1 is 1.10 bits per heavy atom. The van der Waals surface area contributed by atoms with Gasteiger partial charge >= 0.3 is 0 Å². The molecule has 0 amide bonds. The average Bonchev–Trinajstić information content (AvgIpc) is 2.69. The SMILES string of the molecule is CC(C)Cc1ccc(CN(C)C2CCCNCC2)cc1. The number of hydrogen-bond acceptors (Lipinski definition) is 2. The van der Waals surface area contributed by atoms with E-state index in [-0.39, 0.29) is 0 Å². The van der Waals surface area contributed by atoms with Crippen molar-refractivity contribution in [1.82, 2.24) is 10.2 Å². The highest BCUT2D eigenvalue weighted by Crippen LogP contribution is 2.16. The minimum Gasteiger partial charge on any atom is -0.317 e. The molecule has 1 saturated heterocycles. The van der Waals surface area contributed by atoms with Gasteiger partial charge < -0.3 is 5.32 Å². The van der Waals surface area contributed by atoms with E-state index >= 15 is 0 Å². The average molecular weight is 274 g/mol. The van der Waals surface area contributed by atoms with Gasteiger partial charge in [0.2, 0.25) is 0 Å². The Balaban J connectivity index is 1.88. The molecule has 0 saturated carbocycles. The monoisotopic (exact) mass is 274 g/mol. The van der Waals surface area contributed by atoms with Gasteiger partial charge in [-0.1, -0.05) is 38.1 Å². The zero-order chi connectivity index (χ0) is 14.4. The van der Waals surface area contributed by atoms with Gasteiger partial charge in [-0.25, -0.2) is 0 Å². The molecule has 0 aliphatic carbocycles. The van der Waals surface area contributed by atoms with E-state index in [0.717, 1.165) is 18.5 Å². The summed E-state index contributed by atoms with van der Waals surface area (Å²) in [5, 5.41) is 3.49. The van der Waals surface area contributed by atoms with Crippen LogP contribution in [0.5, 0.6) is 0 Å². The van der Waals surface area contributed by atoms with E-state index in [1.165, 1.54) is 49.9 Å². The lowest BCUT2D eigenvalue weighted by atomic mass is 10.0. The maximum atomic E-state index is 3.49. The minimum atomic E-state index is 0.736. The quantitative estimate of drug-likeness (QED) is 0.884. The molecular weight excluding hydrogens is 244 g/mol. The van der Waals surface area contributed by atoms with Gasteiger partial charge in [0.05, 0.1) is 0 Å². The first-order valence-corrected chi connectivity index (χ1v) is 8.14. The van der Waals surface area contributed by atoms with Gasteiger partial charge in [-0.2, -0.15) is 0 Å². The van der Waals surface area contributed by atoms with Crippen LogP contribution in [0.2, 0.25) is 0 Å². The lowest BCUT2D eigenvalue weighted by molar-refractivity contribution is 0.216. The molecule has 0 radical (unpaired) electrons. The van der Waals surface area contributed by atoms with Gasteiger partial charge in [-0.15, -0.1) is 0 Å². The molecule has 20 heavy (non-hydrogen) atoms. The first-order valence-electron chi connectivity index (χ1n) is 8.14. The first-order chi connectivity index (χ1) is 9.65. The second kappa shape index (κ2) is 7.80. The predicted octanol–water partition coefficient (Wildman–Crippen LogP) is 3.46. The second-order valence-electron chi connectivity index (χ2n) is 6.66. The topological polar surface area (TPSA) is 15.3 Å². The Bertz CT molecular complexity index is 375. The Kier molecular flexibility index (Phi) is 6.06. The summed E-state index contributed by atoms with van der Waals surface area (Å²) in [7, 11) is 2.28. The van der Waals surface area contributed by atoms with Gasteiger partial charge in [0.15, 0.2) is 0 Å². The number of nitrogens with one attached hydrogen (secondary N) is 1. The zero-order valence-electron chi connectivity index (χ0n) is 13.4. The molecule has 0 bridgehead atoms. The van der Waals surface area contributed by atoms with Crippen molar-refractivity contribution in [2.24, 2.45) is 5.92 Å². The molecule has 0 spiro atoms.